The highest BCUT2D eigenvalue weighted by molar-refractivity contribution is 7.85. The third-order valence-electron chi connectivity index (χ3n) is 21.3. The van der Waals surface area contributed by atoms with Gasteiger partial charge < -0.3 is 41.2 Å². The molecule has 3 aromatic carbocycles. The number of nitrogens with zero attached hydrogens (tertiary/aromatic N) is 7. The van der Waals surface area contributed by atoms with Crippen LogP contribution in [0.4, 0.5) is 25.2 Å². The molecule has 4 saturated carbocycles. The molecule has 12 rings (SSSR count). The molecule has 6 aromatic rings. The number of benzene rings is 3. The summed E-state index contributed by atoms with van der Waals surface area (Å²) in [5, 5.41) is 26.8. The molecule has 8 N–H and O–H groups in total. The lowest BCUT2D eigenvalue weighted by Gasteiger charge is -2.69. The molecule has 9 amide bonds. The molecule has 0 saturated heterocycles. The van der Waals surface area contributed by atoms with Gasteiger partial charge in [0, 0.05) is 105 Å². The summed E-state index contributed by atoms with van der Waals surface area (Å²) in [4.78, 5) is 144. The van der Waals surface area contributed by atoms with Crippen molar-refractivity contribution in [2.75, 3.05) is 55.8 Å². The van der Waals surface area contributed by atoms with Crippen LogP contribution in [0.3, 0.4) is 0 Å². The zero-order chi connectivity index (χ0) is 76.8. The number of ether oxygens (including phenoxy) is 2. The fourth-order valence-electron chi connectivity index (χ4n) is 17.4. The van der Waals surface area contributed by atoms with Gasteiger partial charge in [-0.2, -0.15) is 13.5 Å². The highest BCUT2D eigenvalue weighted by Gasteiger charge is 2.66. The molecule has 107 heavy (non-hydrogen) atoms. The summed E-state index contributed by atoms with van der Waals surface area (Å²) in [6, 6.07) is 19.6. The lowest BCUT2D eigenvalue weighted by Crippen LogP contribution is -2.64. The number of fused-ring (bicyclic) bond motifs is 2. The number of aromatic carboxylic acids is 1. The molecule has 5 heterocycles. The molecule has 4 fully saturated rings. The van der Waals surface area contributed by atoms with E-state index < -0.39 is 69.4 Å². The van der Waals surface area contributed by atoms with E-state index >= 15 is 0 Å². The number of anilines is 2. The van der Waals surface area contributed by atoms with E-state index in [1.165, 1.54) is 35.4 Å². The number of urea groups is 2. The van der Waals surface area contributed by atoms with Gasteiger partial charge in [-0.1, -0.05) is 94.0 Å². The number of carboxylic acid groups (broad SMARTS) is 1. The molecule has 2 aliphatic heterocycles. The molecular weight excluding hydrogens is 1410 g/mol. The average Bonchev–Trinajstić information content (AvgIpc) is 1.42. The third kappa shape index (κ3) is 19.3. The molecule has 6 aliphatic rings. The molecule has 0 spiro atoms. The van der Waals surface area contributed by atoms with Crippen LogP contribution >= 0.6 is 11.3 Å². The fraction of sp³-hybridized carbons (Fsp3) is 0.494. The molecule has 4 bridgehead atoms. The smallest absolute Gasteiger partial charge is 0.408 e. The Bertz CT molecular complexity index is 4500. The Morgan fingerprint density at radius 2 is 1.54 bits per heavy atom. The predicted octanol–water partition coefficient (Wildman–Crippen LogP) is 9.75. The van der Waals surface area contributed by atoms with Crippen molar-refractivity contribution < 1.29 is 75.5 Å². The number of aryl methyl sites for hydroxylation is 1. The Morgan fingerprint density at radius 3 is 2.23 bits per heavy atom. The highest BCUT2D eigenvalue weighted by atomic mass is 32.2. The van der Waals surface area contributed by atoms with Crippen molar-refractivity contribution in [2.24, 2.45) is 33.8 Å². The van der Waals surface area contributed by atoms with Gasteiger partial charge in [-0.05, 0) is 153 Å². The Hall–Kier alpha value is -9.78. The van der Waals surface area contributed by atoms with Crippen molar-refractivity contribution in [3.63, 3.8) is 0 Å². The number of rotatable bonds is 34. The number of unbranched alkanes of at least 4 members (excludes halogenated alkanes) is 2. The van der Waals surface area contributed by atoms with E-state index in [4.69, 9.17) is 25.3 Å². The molecule has 28 nitrogen and oxygen atoms in total. The maximum atomic E-state index is 14.1. The zero-order valence-corrected chi connectivity index (χ0v) is 62.8. The molecule has 3 aromatic heterocycles. The number of hydrogen-bond acceptors (Lipinski definition) is 18. The number of para-hydroxylation sites is 1. The van der Waals surface area contributed by atoms with Crippen LogP contribution < -0.4 is 31.9 Å². The summed E-state index contributed by atoms with van der Waals surface area (Å²) in [6.07, 6.45) is 11.5. The van der Waals surface area contributed by atoms with Gasteiger partial charge in [0.15, 0.2) is 16.6 Å². The van der Waals surface area contributed by atoms with Crippen LogP contribution in [0.5, 0.6) is 0 Å². The van der Waals surface area contributed by atoms with Crippen molar-refractivity contribution >= 4 is 102 Å². The molecule has 5 atom stereocenters. The van der Waals surface area contributed by atoms with Crippen molar-refractivity contribution in [3.05, 3.63) is 125 Å². The number of Topliss-reactive ketones (excluding diaryl/α,β-unsaturated/α-hetero) is 2. The first-order valence-corrected chi connectivity index (χ1v) is 38.8. The largest absolute Gasteiger partial charge is 0.476 e. The second-order valence-electron chi connectivity index (χ2n) is 30.7. The number of hydrogen-bond donors (Lipinski definition) is 7. The second kappa shape index (κ2) is 32.7. The number of nitrogens with one attached hydrogen (secondary N) is 4. The Kier molecular flexibility index (Phi) is 24.0. The first-order chi connectivity index (χ1) is 50.8. The van der Waals surface area contributed by atoms with Crippen LogP contribution in [-0.2, 0) is 74.4 Å². The van der Waals surface area contributed by atoms with Crippen molar-refractivity contribution in [1.29, 1.82) is 0 Å². The Labute approximate surface area is 625 Å². The third-order valence-corrected chi connectivity index (χ3v) is 23.0. The van der Waals surface area contributed by atoms with E-state index in [9.17, 15) is 66.0 Å². The van der Waals surface area contributed by atoms with Crippen LogP contribution in [0.15, 0.2) is 97.2 Å². The number of thiazole rings is 1. The number of carbonyl (C=O) groups is 10. The van der Waals surface area contributed by atoms with Gasteiger partial charge >= 0.3 is 24.1 Å². The maximum absolute atomic E-state index is 14.1. The van der Waals surface area contributed by atoms with E-state index in [1.54, 1.807) is 61.3 Å². The molecular formula is C77H94N12O16S2. The minimum atomic E-state index is -4.83. The summed E-state index contributed by atoms with van der Waals surface area (Å²) in [5.74, 6) is -5.92. The molecule has 0 radical (unpaired) electrons. The van der Waals surface area contributed by atoms with Crippen LogP contribution in [0.2, 0.25) is 0 Å². The van der Waals surface area contributed by atoms with Gasteiger partial charge in [0.1, 0.15) is 24.2 Å². The number of ketones is 2. The predicted molar refractivity (Wildman–Crippen MR) is 399 cm³/mol. The Morgan fingerprint density at radius 1 is 0.822 bits per heavy atom. The number of amides is 9. The number of carbonyl (C=O) groups excluding carboxylic acids is 9. The summed E-state index contributed by atoms with van der Waals surface area (Å²) in [6.45, 7) is 11.2. The number of alkyl carbamates (subject to hydrolysis) is 1. The molecule has 2 unspecified atom stereocenters. The topological polar surface area (TPSA) is 391 Å². The monoisotopic (exact) mass is 1510 g/mol. The number of aromatic nitrogens is 4. The van der Waals surface area contributed by atoms with Crippen molar-refractivity contribution in [1.82, 2.24) is 45.5 Å². The van der Waals surface area contributed by atoms with E-state index in [0.29, 0.717) is 83.1 Å². The van der Waals surface area contributed by atoms with Gasteiger partial charge in [0.05, 0.1) is 40.4 Å². The number of carboxylic acids is 1. The summed E-state index contributed by atoms with van der Waals surface area (Å²) >= 11 is 1.40. The number of primary amides is 1. The van der Waals surface area contributed by atoms with Gasteiger partial charge in [-0.15, -0.1) is 0 Å². The lowest BCUT2D eigenvalue weighted by molar-refractivity contribution is -0.248. The summed E-state index contributed by atoms with van der Waals surface area (Å²) < 4.78 is 50.0. The number of imide groups is 1. The summed E-state index contributed by atoms with van der Waals surface area (Å²) in [7, 11) is -3.38. The molecule has 4 aliphatic carbocycles. The quantitative estimate of drug-likeness (QED) is 0.0112. The standard InChI is InChI=1S/C77H94N12O16S2/c1-47(2)55(36-53(90)15-8-7-11-30-88-64(92)27-28-65(88)93)67(94)82-58(17-12-29-79-70(78)98)62(91)34-49-19-21-50(22-20-49)38-104-73(100)84-60(39-107(101,102)103)68(95)86(6)32-33-105-77-43-74(4)40-75(5,44-77)42-76(41-74,45-77)46-89-48(3)56(37-80-89)54-25-26-57(81-66(54)69(96)97)52-24-23-51-14-13-31-87(61(51)35-52)72(99)85-71-83-59-16-9-10-18-63(59)106-71/h9-10,16,18-28,35,37,47,55,58,60H,7-8,11-15,17,29-34,36,38-46H2,1-6H3,(H,82,94)(H,84,100)(H,96,97)(H3,78,79,98)(H,83,85,99)(H,101,102,103)/t55-,58-,60-,74?,75?,76?,77?/m0/s1. The van der Waals surface area contributed by atoms with Crippen LogP contribution in [-0.4, -0.2) is 170 Å². The maximum Gasteiger partial charge on any atom is 0.408 e. The zero-order valence-electron chi connectivity index (χ0n) is 61.2. The second-order valence-corrected chi connectivity index (χ2v) is 33.3. The molecule has 30 heteroatoms. The summed E-state index contributed by atoms with van der Waals surface area (Å²) in [5.41, 5.74) is 10.4. The van der Waals surface area contributed by atoms with Crippen LogP contribution in [0.1, 0.15) is 150 Å². The minimum Gasteiger partial charge on any atom is -0.476 e. The van der Waals surface area contributed by atoms with Crippen molar-refractivity contribution in [2.45, 2.75) is 168 Å². The van der Waals surface area contributed by atoms with Crippen LogP contribution in [0, 0.1) is 35.0 Å². The van der Waals surface area contributed by atoms with Gasteiger partial charge in [0.2, 0.25) is 11.8 Å². The lowest BCUT2D eigenvalue weighted by atomic mass is 9.39. The molecule has 570 valence electrons. The van der Waals surface area contributed by atoms with E-state index in [1.807, 2.05) is 54.1 Å². The van der Waals surface area contributed by atoms with E-state index in [2.05, 4.69) is 40.1 Å². The van der Waals surface area contributed by atoms with Gasteiger partial charge in [0.25, 0.3) is 21.9 Å². The van der Waals surface area contributed by atoms with Crippen molar-refractivity contribution in [3.8, 4) is 22.4 Å². The van der Waals surface area contributed by atoms with E-state index in [-0.39, 0.29) is 122 Å². The van der Waals surface area contributed by atoms with Gasteiger partial charge in [-0.3, -0.25) is 53.1 Å². The first-order valence-electron chi connectivity index (χ1n) is 36.4. The normalized spacial score (nSPS) is 20.9. The van der Waals surface area contributed by atoms with Crippen LogP contribution in [0.25, 0.3) is 32.6 Å². The SMILES string of the molecule is Cc1c(-c2ccc(-c3ccc4c(c3)N(C(=O)Nc3nc5ccccc5s3)CCC4)nc2C(=O)O)cnn1CC12CC3(C)CC(C)(C1)CC(OCCN(C)C(=O)[C@H](CS(=O)(=O)O)NC(=O)OCc1ccc(CC(=O)[C@H](CCCNC(N)=O)NC(=O)[C@@H](CC(=O)CCCCCN4C(=O)C=CC4=O)C(C)C)cc1)(C3)C2. The highest BCUT2D eigenvalue weighted by Crippen LogP contribution is 2.72. The number of nitrogens with two attached hydrogens (primary N) is 1. The number of pyridine rings is 1. The first kappa shape index (κ1) is 78.3. The Balaban J connectivity index is 0.676. The minimum absolute atomic E-state index is 0.000736. The number of likely N-dealkylation sites (N-methyl/N-ethyl adjacent to an activating group) is 1. The van der Waals surface area contributed by atoms with Gasteiger partial charge in [-0.25, -0.2) is 29.1 Å². The van der Waals surface area contributed by atoms with E-state index in [0.717, 1.165) is 71.3 Å². The fourth-order valence-corrected chi connectivity index (χ4v) is 19.0. The average molecular weight is 1510 g/mol.